The number of aromatic nitrogens is 6. The first-order valence-electron chi connectivity index (χ1n) is 13.9. The number of hydrogen-bond acceptors (Lipinski definition) is 10. The van der Waals surface area contributed by atoms with Crippen LogP contribution in [-0.4, -0.2) is 108 Å². The van der Waals surface area contributed by atoms with Crippen molar-refractivity contribution < 1.29 is 19.1 Å². The van der Waals surface area contributed by atoms with Gasteiger partial charge in [0.05, 0.1) is 6.04 Å². The fourth-order valence-electron chi connectivity index (χ4n) is 4.45. The van der Waals surface area contributed by atoms with Crippen LogP contribution < -0.4 is 11.1 Å². The molecule has 3 atom stereocenters. The minimum atomic E-state index is -0.439. The van der Waals surface area contributed by atoms with E-state index < -0.39 is 11.2 Å². The number of nitrogens with zero attached hydrogens (tertiary/aromatic N) is 8. The molecule has 0 aromatic carbocycles. The fraction of sp³-hybridized carbons (Fsp3) is 0.769. The zero-order valence-corrected chi connectivity index (χ0v) is 24.7. The van der Waals surface area contributed by atoms with Crippen LogP contribution in [0.1, 0.15) is 72.9 Å². The van der Waals surface area contributed by atoms with Gasteiger partial charge in [0.25, 0.3) is 0 Å². The van der Waals surface area contributed by atoms with Crippen molar-refractivity contribution in [1.82, 2.24) is 44.6 Å². The number of carbonyl (C=O) groups excluding carboxylic acids is 2. The van der Waals surface area contributed by atoms with Gasteiger partial charge in [-0.25, -0.2) is 9.59 Å². The van der Waals surface area contributed by atoms with Gasteiger partial charge in [0.15, 0.2) is 0 Å². The van der Waals surface area contributed by atoms with E-state index in [2.05, 4.69) is 30.3 Å². The van der Waals surface area contributed by atoms with Crippen molar-refractivity contribution >= 4 is 12.2 Å². The molecule has 2 amide bonds. The maximum absolute atomic E-state index is 11.8. The molecule has 3 aliphatic rings. The summed E-state index contributed by atoms with van der Waals surface area (Å²) in [7, 11) is 0. The standard InChI is InChI=1S/C11H18N4O2.C9H18N2O2.C6H10N4/c1-11(2,3)17-10(16)14-5-4-9(6-14)15-7-12-13-8-15;1-9(2,3)13-8(12)11-5-4-7(10)6-11;1-2-7-3-6(1)10-4-8-9-5-10/h7-9H,4-6H2,1-3H3;7H,4-6,10H2,1-3H3;4-7H,1-3H2. The van der Waals surface area contributed by atoms with Gasteiger partial charge >= 0.3 is 12.2 Å². The molecule has 224 valence electrons. The maximum atomic E-state index is 11.8. The molecule has 40 heavy (non-hydrogen) atoms. The van der Waals surface area contributed by atoms with Gasteiger partial charge in [-0.15, -0.1) is 20.4 Å². The molecule has 5 heterocycles. The smallest absolute Gasteiger partial charge is 0.410 e. The van der Waals surface area contributed by atoms with Crippen molar-refractivity contribution in [2.45, 2.75) is 90.1 Å². The van der Waals surface area contributed by atoms with E-state index in [4.69, 9.17) is 15.2 Å². The first-order valence-corrected chi connectivity index (χ1v) is 13.9. The number of nitrogens with two attached hydrogens (primary N) is 1. The lowest BCUT2D eigenvalue weighted by molar-refractivity contribution is 0.0280. The molecule has 2 aromatic rings. The van der Waals surface area contributed by atoms with E-state index in [1.54, 1.807) is 35.1 Å². The minimum absolute atomic E-state index is 0.118. The van der Waals surface area contributed by atoms with Crippen molar-refractivity contribution in [3.8, 4) is 0 Å². The van der Waals surface area contributed by atoms with Crippen molar-refractivity contribution in [1.29, 1.82) is 0 Å². The van der Waals surface area contributed by atoms with E-state index >= 15 is 0 Å². The van der Waals surface area contributed by atoms with Crippen LogP contribution in [0, 0.1) is 0 Å². The fourth-order valence-corrected chi connectivity index (χ4v) is 4.45. The molecular formula is C26H46N10O4. The molecule has 14 heteroatoms. The predicted octanol–water partition coefficient (Wildman–Crippen LogP) is 2.23. The summed E-state index contributed by atoms with van der Waals surface area (Å²) in [6.45, 7) is 16.1. The highest BCUT2D eigenvalue weighted by molar-refractivity contribution is 5.69. The highest BCUT2D eigenvalue weighted by Crippen LogP contribution is 2.22. The molecule has 3 N–H and O–H groups in total. The Morgan fingerprint density at radius 3 is 1.65 bits per heavy atom. The summed E-state index contributed by atoms with van der Waals surface area (Å²) in [6.07, 6.45) is 9.41. The van der Waals surface area contributed by atoms with E-state index in [0.717, 1.165) is 39.0 Å². The zero-order valence-electron chi connectivity index (χ0n) is 24.7. The summed E-state index contributed by atoms with van der Waals surface area (Å²) >= 11 is 0. The molecule has 0 aliphatic carbocycles. The summed E-state index contributed by atoms with van der Waals surface area (Å²) in [6, 6.07) is 0.958. The van der Waals surface area contributed by atoms with Gasteiger partial charge in [-0.2, -0.15) is 0 Å². The van der Waals surface area contributed by atoms with Crippen LogP contribution in [0.3, 0.4) is 0 Å². The van der Waals surface area contributed by atoms with Crippen LogP contribution in [0.4, 0.5) is 9.59 Å². The third-order valence-corrected chi connectivity index (χ3v) is 6.44. The number of carbonyl (C=O) groups is 2. The van der Waals surface area contributed by atoms with Crippen LogP contribution >= 0.6 is 0 Å². The molecule has 3 aliphatic heterocycles. The number of likely N-dealkylation sites (tertiary alicyclic amines) is 2. The lowest BCUT2D eigenvalue weighted by Gasteiger charge is -2.24. The zero-order chi connectivity index (χ0) is 29.3. The molecule has 0 bridgehead atoms. The lowest BCUT2D eigenvalue weighted by atomic mass is 10.2. The molecule has 3 saturated heterocycles. The second-order valence-electron chi connectivity index (χ2n) is 12.3. The molecule has 5 rings (SSSR count). The van der Waals surface area contributed by atoms with Crippen LogP contribution in [0.25, 0.3) is 0 Å². The summed E-state index contributed by atoms with van der Waals surface area (Å²) in [5, 5.41) is 18.3. The maximum Gasteiger partial charge on any atom is 0.410 e. The minimum Gasteiger partial charge on any atom is -0.444 e. The van der Waals surface area contributed by atoms with Gasteiger partial charge in [-0.3, -0.25) is 0 Å². The van der Waals surface area contributed by atoms with E-state index in [9.17, 15) is 9.59 Å². The van der Waals surface area contributed by atoms with Crippen LogP contribution in [-0.2, 0) is 9.47 Å². The molecule has 0 saturated carbocycles. The summed E-state index contributed by atoms with van der Waals surface area (Å²) in [4.78, 5) is 26.7. The summed E-state index contributed by atoms with van der Waals surface area (Å²) in [5.41, 5.74) is 4.83. The van der Waals surface area contributed by atoms with Crippen LogP contribution in [0.5, 0.6) is 0 Å². The second kappa shape index (κ2) is 13.9. The first kappa shape index (κ1) is 31.3. The Balaban J connectivity index is 0.000000171. The Hall–Kier alpha value is -3.26. The van der Waals surface area contributed by atoms with Crippen molar-refractivity contribution in [2.75, 3.05) is 39.3 Å². The number of amides is 2. The Bertz CT molecular complexity index is 1030. The normalized spacial score (nSPS) is 22.7. The third kappa shape index (κ3) is 10.4. The Labute approximate surface area is 236 Å². The van der Waals surface area contributed by atoms with Gasteiger partial charge in [-0.1, -0.05) is 0 Å². The predicted molar refractivity (Wildman–Crippen MR) is 148 cm³/mol. The second-order valence-corrected chi connectivity index (χ2v) is 12.3. The number of ether oxygens (including phenoxy) is 2. The van der Waals surface area contributed by atoms with Gasteiger partial charge < -0.3 is 39.5 Å². The highest BCUT2D eigenvalue weighted by Gasteiger charge is 2.30. The number of hydrogen-bond donors (Lipinski definition) is 2. The van der Waals surface area contributed by atoms with Gasteiger partial charge in [0.2, 0.25) is 0 Å². The summed E-state index contributed by atoms with van der Waals surface area (Å²) < 4.78 is 14.5. The Morgan fingerprint density at radius 1 is 0.750 bits per heavy atom. The molecule has 2 aromatic heterocycles. The Kier molecular flexibility index (Phi) is 10.9. The van der Waals surface area contributed by atoms with Crippen LogP contribution in [0.15, 0.2) is 25.3 Å². The number of rotatable bonds is 2. The molecule has 0 spiro atoms. The highest BCUT2D eigenvalue weighted by atomic mass is 16.6. The van der Waals surface area contributed by atoms with Crippen molar-refractivity contribution in [2.24, 2.45) is 5.73 Å². The average molecular weight is 563 g/mol. The lowest BCUT2D eigenvalue weighted by Crippen LogP contribution is -2.36. The van der Waals surface area contributed by atoms with Gasteiger partial charge in [0.1, 0.15) is 36.5 Å². The monoisotopic (exact) mass is 562 g/mol. The molecular weight excluding hydrogens is 516 g/mol. The van der Waals surface area contributed by atoms with Crippen molar-refractivity contribution in [3.05, 3.63) is 25.3 Å². The number of nitrogens with one attached hydrogen (secondary N) is 1. The molecule has 3 unspecified atom stereocenters. The summed E-state index contributed by atoms with van der Waals surface area (Å²) in [5.74, 6) is 0. The van der Waals surface area contributed by atoms with Crippen molar-refractivity contribution in [3.63, 3.8) is 0 Å². The van der Waals surface area contributed by atoms with Gasteiger partial charge in [-0.05, 0) is 67.3 Å². The topological polar surface area (TPSA) is 159 Å². The van der Waals surface area contributed by atoms with Crippen LogP contribution in [0.2, 0.25) is 0 Å². The third-order valence-electron chi connectivity index (χ3n) is 6.44. The van der Waals surface area contributed by atoms with E-state index in [-0.39, 0.29) is 24.3 Å². The molecule has 0 radical (unpaired) electrons. The quantitative estimate of drug-likeness (QED) is 0.556. The Morgan fingerprint density at radius 2 is 1.23 bits per heavy atom. The molecule has 3 fully saturated rings. The van der Waals surface area contributed by atoms with Gasteiger partial charge in [0, 0.05) is 44.8 Å². The SMILES string of the molecule is CC(C)(C)OC(=O)N1CCC(N)C1.CC(C)(C)OC(=O)N1CCC(n2cnnc2)C1.c1nncn1C1CCNC1. The van der Waals surface area contributed by atoms with E-state index in [1.165, 1.54) is 6.42 Å². The largest absolute Gasteiger partial charge is 0.444 e. The average Bonchev–Trinajstić information content (AvgIpc) is 3.66. The molecule has 14 nitrogen and oxygen atoms in total. The van der Waals surface area contributed by atoms with E-state index in [0.29, 0.717) is 19.1 Å². The van der Waals surface area contributed by atoms with E-state index in [1.807, 2.05) is 46.1 Å². The first-order chi connectivity index (χ1) is 18.8.